The van der Waals surface area contributed by atoms with Crippen molar-refractivity contribution in [3.63, 3.8) is 0 Å². The lowest BCUT2D eigenvalue weighted by Crippen LogP contribution is -2.30. The molecule has 0 aliphatic rings. The number of benzene rings is 2. The van der Waals surface area contributed by atoms with Gasteiger partial charge in [-0.1, -0.05) is 18.2 Å². The van der Waals surface area contributed by atoms with Gasteiger partial charge in [-0.3, -0.25) is 30.4 Å². The highest BCUT2D eigenvalue weighted by molar-refractivity contribution is 5.97. The van der Waals surface area contributed by atoms with Gasteiger partial charge in [0.05, 0.1) is 15.4 Å². The molecule has 2 aromatic carbocycles. The Morgan fingerprint density at radius 2 is 1.52 bits per heavy atom. The summed E-state index contributed by atoms with van der Waals surface area (Å²) in [7, 11) is 0. The number of nitro benzene ring substituents is 2. The van der Waals surface area contributed by atoms with Crippen molar-refractivity contribution < 1.29 is 14.6 Å². The van der Waals surface area contributed by atoms with Gasteiger partial charge in [0.25, 0.3) is 5.91 Å². The Bertz CT molecular complexity index is 743. The van der Waals surface area contributed by atoms with E-state index in [1.807, 2.05) is 0 Å². The average Bonchev–Trinajstić information content (AvgIpc) is 2.54. The number of nitro groups is 2. The molecule has 0 saturated carbocycles. The molecular formula is C13H11N5O5. The first-order chi connectivity index (χ1) is 10.9. The monoisotopic (exact) mass is 317 g/mol. The number of nitrogens with zero attached hydrogens (tertiary/aromatic N) is 2. The van der Waals surface area contributed by atoms with Crippen molar-refractivity contribution in [1.29, 1.82) is 0 Å². The van der Waals surface area contributed by atoms with Gasteiger partial charge in [-0.05, 0) is 12.1 Å². The summed E-state index contributed by atoms with van der Waals surface area (Å²) in [5, 5.41) is 25.1. The second kappa shape index (κ2) is 6.49. The van der Waals surface area contributed by atoms with Gasteiger partial charge >= 0.3 is 11.4 Å². The molecule has 0 aliphatic heterocycles. The van der Waals surface area contributed by atoms with Crippen LogP contribution >= 0.6 is 0 Å². The van der Waals surface area contributed by atoms with Crippen LogP contribution in [0.1, 0.15) is 10.4 Å². The molecule has 2 rings (SSSR count). The van der Waals surface area contributed by atoms with Crippen LogP contribution in [0.15, 0.2) is 42.5 Å². The van der Waals surface area contributed by atoms with E-state index in [1.54, 1.807) is 35.8 Å². The number of nitrogen functional groups attached to an aromatic ring is 1. The lowest BCUT2D eigenvalue weighted by molar-refractivity contribution is -0.392. The van der Waals surface area contributed by atoms with Crippen LogP contribution in [0.25, 0.3) is 0 Å². The van der Waals surface area contributed by atoms with E-state index in [2.05, 4.69) is 5.32 Å². The van der Waals surface area contributed by atoms with Gasteiger partial charge in [0, 0.05) is 17.8 Å². The van der Waals surface area contributed by atoms with E-state index < -0.39 is 27.1 Å². The lowest BCUT2D eigenvalue weighted by Gasteiger charge is -2.09. The van der Waals surface area contributed by atoms with E-state index >= 15 is 0 Å². The molecule has 0 spiro atoms. The maximum absolute atomic E-state index is 11.5. The largest absolute Gasteiger partial charge is 0.344 e. The molecular weight excluding hydrogens is 306 g/mol. The lowest BCUT2D eigenvalue weighted by atomic mass is 10.1. The minimum atomic E-state index is -0.873. The molecule has 0 heterocycles. The molecule has 1 amide bonds. The fourth-order valence-electron chi connectivity index (χ4n) is 1.91. The summed E-state index contributed by atoms with van der Waals surface area (Å²) in [6.07, 6.45) is 0. The number of carbonyl (C=O) groups is 1. The fourth-order valence-corrected chi connectivity index (χ4v) is 1.91. The van der Waals surface area contributed by atoms with Gasteiger partial charge in [-0.2, -0.15) is 0 Å². The number of hydrazine groups is 1. The van der Waals surface area contributed by atoms with Crippen molar-refractivity contribution in [1.82, 2.24) is 5.43 Å². The Morgan fingerprint density at radius 3 is 1.96 bits per heavy atom. The predicted molar refractivity (Wildman–Crippen MR) is 81.1 cm³/mol. The van der Waals surface area contributed by atoms with E-state index in [4.69, 9.17) is 5.84 Å². The maximum Gasteiger partial charge on any atom is 0.300 e. The zero-order valence-electron chi connectivity index (χ0n) is 11.6. The zero-order chi connectivity index (χ0) is 17.0. The SMILES string of the molecule is NNC(=O)c1cc([N+](=O)[O-])c(Nc2ccccc2)c([N+](=O)[O-])c1. The summed E-state index contributed by atoms with van der Waals surface area (Å²) >= 11 is 0. The number of hydrogen-bond donors (Lipinski definition) is 3. The number of anilines is 2. The summed E-state index contributed by atoms with van der Waals surface area (Å²) in [4.78, 5) is 32.4. The highest BCUT2D eigenvalue weighted by atomic mass is 16.6. The quantitative estimate of drug-likeness (QED) is 0.329. The van der Waals surface area contributed by atoms with Crippen LogP contribution < -0.4 is 16.6 Å². The number of para-hydroxylation sites is 1. The van der Waals surface area contributed by atoms with Crippen LogP contribution in [0.2, 0.25) is 0 Å². The molecule has 0 bridgehead atoms. The van der Waals surface area contributed by atoms with Gasteiger partial charge in [0.1, 0.15) is 0 Å². The van der Waals surface area contributed by atoms with Crippen LogP contribution in [-0.2, 0) is 0 Å². The Morgan fingerprint density at radius 1 is 1.00 bits per heavy atom. The standard InChI is InChI=1S/C13H11N5O5/c14-16-13(19)8-6-10(17(20)21)12(11(7-8)18(22)23)15-9-4-2-1-3-5-9/h1-7,15H,14H2,(H,16,19). The fraction of sp³-hybridized carbons (Fsp3) is 0. The number of hydrogen-bond acceptors (Lipinski definition) is 7. The topological polar surface area (TPSA) is 153 Å². The maximum atomic E-state index is 11.5. The van der Waals surface area contributed by atoms with E-state index in [9.17, 15) is 25.0 Å². The highest BCUT2D eigenvalue weighted by Gasteiger charge is 2.28. The van der Waals surface area contributed by atoms with Crippen LogP contribution in [0, 0.1) is 20.2 Å². The molecule has 0 saturated heterocycles. The van der Waals surface area contributed by atoms with E-state index in [-0.39, 0.29) is 11.3 Å². The van der Waals surface area contributed by atoms with E-state index in [1.165, 1.54) is 0 Å². The number of nitrogens with two attached hydrogens (primary N) is 1. The molecule has 0 fully saturated rings. The smallest absolute Gasteiger partial charge is 0.300 e. The molecule has 2 aromatic rings. The molecule has 0 atom stereocenters. The van der Waals surface area contributed by atoms with Crippen molar-refractivity contribution >= 4 is 28.7 Å². The van der Waals surface area contributed by atoms with Crippen LogP contribution in [0.4, 0.5) is 22.7 Å². The third-order valence-corrected chi connectivity index (χ3v) is 2.93. The molecule has 4 N–H and O–H groups in total. The summed E-state index contributed by atoms with van der Waals surface area (Å²) in [6.45, 7) is 0. The van der Waals surface area contributed by atoms with Gasteiger partial charge < -0.3 is 5.32 Å². The first-order valence-electron chi connectivity index (χ1n) is 6.24. The predicted octanol–water partition coefficient (Wildman–Crippen LogP) is 1.85. The summed E-state index contributed by atoms with van der Waals surface area (Å²) in [5.41, 5.74) is 0.378. The Labute approximate surface area is 129 Å². The van der Waals surface area contributed by atoms with E-state index in [0.717, 1.165) is 12.1 Å². The van der Waals surface area contributed by atoms with Gasteiger partial charge in [-0.25, -0.2) is 5.84 Å². The molecule has 23 heavy (non-hydrogen) atoms. The Balaban J connectivity index is 2.64. The normalized spacial score (nSPS) is 9.96. The Kier molecular flexibility index (Phi) is 4.47. The van der Waals surface area contributed by atoms with Gasteiger partial charge in [0.15, 0.2) is 5.69 Å². The second-order valence-corrected chi connectivity index (χ2v) is 4.37. The molecule has 118 valence electrons. The number of rotatable bonds is 5. The number of carbonyl (C=O) groups excluding carboxylic acids is 1. The molecule has 0 radical (unpaired) electrons. The van der Waals surface area contributed by atoms with Crippen molar-refractivity contribution in [2.75, 3.05) is 5.32 Å². The summed E-state index contributed by atoms with van der Waals surface area (Å²) in [6, 6.07) is 10.1. The zero-order valence-corrected chi connectivity index (χ0v) is 11.6. The minimum absolute atomic E-state index is 0.287. The first kappa shape index (κ1) is 15.9. The van der Waals surface area contributed by atoms with Crippen LogP contribution in [-0.4, -0.2) is 15.8 Å². The van der Waals surface area contributed by atoms with Crippen molar-refractivity contribution in [3.8, 4) is 0 Å². The van der Waals surface area contributed by atoms with E-state index in [0.29, 0.717) is 5.69 Å². The van der Waals surface area contributed by atoms with Gasteiger partial charge in [0.2, 0.25) is 0 Å². The number of nitrogens with one attached hydrogen (secondary N) is 2. The third-order valence-electron chi connectivity index (χ3n) is 2.93. The molecule has 10 heteroatoms. The first-order valence-corrected chi connectivity index (χ1v) is 6.24. The number of amides is 1. The summed E-state index contributed by atoms with van der Waals surface area (Å²) in [5.74, 6) is 4.09. The average molecular weight is 317 g/mol. The van der Waals surface area contributed by atoms with Crippen molar-refractivity contribution in [2.45, 2.75) is 0 Å². The van der Waals surface area contributed by atoms with Gasteiger partial charge in [-0.15, -0.1) is 0 Å². The van der Waals surface area contributed by atoms with Crippen LogP contribution in [0.3, 0.4) is 0 Å². The van der Waals surface area contributed by atoms with Crippen molar-refractivity contribution in [3.05, 3.63) is 68.3 Å². The van der Waals surface area contributed by atoms with Crippen LogP contribution in [0.5, 0.6) is 0 Å². The third kappa shape index (κ3) is 3.39. The second-order valence-electron chi connectivity index (χ2n) is 4.37. The van der Waals surface area contributed by atoms with Crippen molar-refractivity contribution in [2.24, 2.45) is 5.84 Å². The molecule has 0 unspecified atom stereocenters. The Hall–Kier alpha value is -3.53. The minimum Gasteiger partial charge on any atom is -0.344 e. The molecule has 0 aliphatic carbocycles. The molecule has 0 aromatic heterocycles. The molecule has 10 nitrogen and oxygen atoms in total. The highest BCUT2D eigenvalue weighted by Crippen LogP contribution is 2.37. The summed E-state index contributed by atoms with van der Waals surface area (Å²) < 4.78 is 0.